The number of aliphatic hydroxyl groups is 1. The van der Waals surface area contributed by atoms with Crippen LogP contribution in [-0.4, -0.2) is 39.3 Å². The molecule has 5 heteroatoms. The Balaban J connectivity index is 2.00. The van der Waals surface area contributed by atoms with Gasteiger partial charge in [0.25, 0.3) is 0 Å². The molecule has 0 bridgehead atoms. The molecule has 5 nitrogen and oxygen atoms in total. The largest absolute Gasteiger partial charge is 0.393 e. The molecule has 3 heterocycles. The highest BCUT2D eigenvalue weighted by atomic mass is 16.3. The van der Waals surface area contributed by atoms with Gasteiger partial charge in [-0.15, -0.1) is 0 Å². The highest BCUT2D eigenvalue weighted by Gasteiger charge is 2.19. The summed E-state index contributed by atoms with van der Waals surface area (Å²) < 4.78 is 0. The van der Waals surface area contributed by atoms with Crippen LogP contribution in [0.15, 0.2) is 24.8 Å². The van der Waals surface area contributed by atoms with Gasteiger partial charge in [-0.25, -0.2) is 9.97 Å². The van der Waals surface area contributed by atoms with Crippen LogP contribution in [0.3, 0.4) is 0 Å². The van der Waals surface area contributed by atoms with E-state index in [9.17, 15) is 5.11 Å². The molecule has 3 rings (SSSR count). The Labute approximate surface area is 99.1 Å². The predicted octanol–water partition coefficient (Wildman–Crippen LogP) is 0.986. The van der Waals surface area contributed by atoms with Gasteiger partial charge >= 0.3 is 0 Å². The van der Waals surface area contributed by atoms with Crippen molar-refractivity contribution in [2.24, 2.45) is 0 Å². The van der Waals surface area contributed by atoms with E-state index in [4.69, 9.17) is 0 Å². The third-order valence-electron chi connectivity index (χ3n) is 3.18. The predicted molar refractivity (Wildman–Crippen MR) is 64.8 cm³/mol. The fourth-order valence-corrected chi connectivity index (χ4v) is 2.22. The SMILES string of the molecule is OC1CCN(c2ncnc3cnccc23)CC1. The summed E-state index contributed by atoms with van der Waals surface area (Å²) in [6.45, 7) is 1.69. The fourth-order valence-electron chi connectivity index (χ4n) is 2.22. The number of pyridine rings is 1. The molecule has 1 fully saturated rings. The Morgan fingerprint density at radius 1 is 1.24 bits per heavy atom. The van der Waals surface area contributed by atoms with Crippen molar-refractivity contribution in [3.8, 4) is 0 Å². The monoisotopic (exact) mass is 230 g/mol. The van der Waals surface area contributed by atoms with Crippen molar-refractivity contribution in [3.63, 3.8) is 0 Å². The number of anilines is 1. The smallest absolute Gasteiger partial charge is 0.139 e. The normalized spacial score (nSPS) is 17.6. The van der Waals surface area contributed by atoms with Gasteiger partial charge in [0.2, 0.25) is 0 Å². The van der Waals surface area contributed by atoms with Gasteiger partial charge < -0.3 is 10.0 Å². The van der Waals surface area contributed by atoms with E-state index in [0.29, 0.717) is 0 Å². The summed E-state index contributed by atoms with van der Waals surface area (Å²) >= 11 is 0. The number of rotatable bonds is 1. The van der Waals surface area contributed by atoms with Gasteiger partial charge in [0.05, 0.1) is 17.8 Å². The lowest BCUT2D eigenvalue weighted by molar-refractivity contribution is 0.145. The summed E-state index contributed by atoms with van der Waals surface area (Å²) in [6, 6.07) is 1.94. The second-order valence-corrected chi connectivity index (χ2v) is 4.31. The van der Waals surface area contributed by atoms with Crippen LogP contribution >= 0.6 is 0 Å². The van der Waals surface area contributed by atoms with Gasteiger partial charge in [-0.2, -0.15) is 0 Å². The zero-order valence-electron chi connectivity index (χ0n) is 9.45. The summed E-state index contributed by atoms with van der Waals surface area (Å²) in [4.78, 5) is 14.8. The molecule has 0 radical (unpaired) electrons. The van der Waals surface area contributed by atoms with Gasteiger partial charge in [0.15, 0.2) is 0 Å². The molecule has 2 aromatic rings. The Hall–Kier alpha value is -1.75. The molecule has 2 aromatic heterocycles. The first kappa shape index (κ1) is 10.4. The summed E-state index contributed by atoms with van der Waals surface area (Å²) in [7, 11) is 0. The van der Waals surface area contributed by atoms with Gasteiger partial charge in [-0.05, 0) is 18.9 Å². The van der Waals surface area contributed by atoms with Crippen molar-refractivity contribution in [1.29, 1.82) is 0 Å². The number of aliphatic hydroxyl groups excluding tert-OH is 1. The van der Waals surface area contributed by atoms with Crippen molar-refractivity contribution >= 4 is 16.7 Å². The first-order chi connectivity index (χ1) is 8.34. The van der Waals surface area contributed by atoms with Crippen LogP contribution in [0, 0.1) is 0 Å². The Kier molecular flexibility index (Phi) is 2.60. The van der Waals surface area contributed by atoms with E-state index >= 15 is 0 Å². The molecule has 0 atom stereocenters. The second kappa shape index (κ2) is 4.25. The van der Waals surface area contributed by atoms with E-state index in [1.165, 1.54) is 0 Å². The average Bonchev–Trinajstić information content (AvgIpc) is 2.39. The molecular weight excluding hydrogens is 216 g/mol. The molecule has 0 aromatic carbocycles. The molecule has 0 saturated carbocycles. The Morgan fingerprint density at radius 2 is 2.06 bits per heavy atom. The van der Waals surface area contributed by atoms with Crippen LogP contribution in [-0.2, 0) is 0 Å². The van der Waals surface area contributed by atoms with Crippen LogP contribution in [0.2, 0.25) is 0 Å². The van der Waals surface area contributed by atoms with Crippen molar-refractivity contribution in [3.05, 3.63) is 24.8 Å². The van der Waals surface area contributed by atoms with Gasteiger partial charge in [0.1, 0.15) is 12.1 Å². The Bertz CT molecular complexity index is 517. The lowest BCUT2D eigenvalue weighted by Gasteiger charge is -2.30. The minimum absolute atomic E-state index is 0.166. The maximum atomic E-state index is 9.52. The van der Waals surface area contributed by atoms with Gasteiger partial charge in [0, 0.05) is 24.7 Å². The van der Waals surface area contributed by atoms with Crippen LogP contribution in [0.5, 0.6) is 0 Å². The Morgan fingerprint density at radius 3 is 2.88 bits per heavy atom. The summed E-state index contributed by atoms with van der Waals surface area (Å²) in [5.41, 5.74) is 0.864. The number of fused-ring (bicyclic) bond motifs is 1. The highest BCUT2D eigenvalue weighted by molar-refractivity contribution is 5.88. The van der Waals surface area contributed by atoms with Crippen molar-refractivity contribution in [1.82, 2.24) is 15.0 Å². The molecule has 0 spiro atoms. The van der Waals surface area contributed by atoms with Gasteiger partial charge in [-0.1, -0.05) is 0 Å². The van der Waals surface area contributed by atoms with E-state index in [-0.39, 0.29) is 6.10 Å². The van der Waals surface area contributed by atoms with E-state index in [0.717, 1.165) is 42.7 Å². The molecule has 1 N–H and O–H groups in total. The third-order valence-corrected chi connectivity index (χ3v) is 3.18. The number of hydrogen-bond donors (Lipinski definition) is 1. The maximum Gasteiger partial charge on any atom is 0.139 e. The second-order valence-electron chi connectivity index (χ2n) is 4.31. The molecule has 88 valence electrons. The topological polar surface area (TPSA) is 62.1 Å². The molecule has 1 aliphatic heterocycles. The highest BCUT2D eigenvalue weighted by Crippen LogP contribution is 2.24. The first-order valence-electron chi connectivity index (χ1n) is 5.82. The number of piperidine rings is 1. The molecule has 0 unspecified atom stereocenters. The van der Waals surface area contributed by atoms with Crippen LogP contribution in [0.1, 0.15) is 12.8 Å². The van der Waals surface area contributed by atoms with Crippen molar-refractivity contribution in [2.75, 3.05) is 18.0 Å². The standard InChI is InChI=1S/C12H14N4O/c17-9-2-5-16(6-3-9)12-10-1-4-13-7-11(10)14-8-15-12/h1,4,7-9,17H,2-3,5-6H2. The van der Waals surface area contributed by atoms with E-state index in [1.807, 2.05) is 6.07 Å². The number of aromatic nitrogens is 3. The summed E-state index contributed by atoms with van der Waals surface area (Å²) in [5.74, 6) is 0.948. The average molecular weight is 230 g/mol. The van der Waals surface area contributed by atoms with Crippen LogP contribution < -0.4 is 4.90 Å². The lowest BCUT2D eigenvalue weighted by Crippen LogP contribution is -2.36. The van der Waals surface area contributed by atoms with Gasteiger partial charge in [-0.3, -0.25) is 4.98 Å². The minimum Gasteiger partial charge on any atom is -0.393 e. The van der Waals surface area contributed by atoms with Crippen molar-refractivity contribution in [2.45, 2.75) is 18.9 Å². The van der Waals surface area contributed by atoms with E-state index in [2.05, 4.69) is 19.9 Å². The molecule has 1 saturated heterocycles. The quantitative estimate of drug-likeness (QED) is 0.791. The maximum absolute atomic E-state index is 9.52. The summed E-state index contributed by atoms with van der Waals surface area (Å²) in [5, 5.41) is 10.5. The lowest BCUT2D eigenvalue weighted by atomic mass is 10.1. The third kappa shape index (κ3) is 1.93. The number of nitrogens with zero attached hydrogens (tertiary/aromatic N) is 4. The molecule has 0 amide bonds. The minimum atomic E-state index is -0.166. The fraction of sp³-hybridized carbons (Fsp3) is 0.417. The van der Waals surface area contributed by atoms with Crippen LogP contribution in [0.25, 0.3) is 10.9 Å². The summed E-state index contributed by atoms with van der Waals surface area (Å²) in [6.07, 6.45) is 6.52. The molecule has 0 aliphatic carbocycles. The molecule has 17 heavy (non-hydrogen) atoms. The van der Waals surface area contributed by atoms with Crippen LogP contribution in [0.4, 0.5) is 5.82 Å². The number of hydrogen-bond acceptors (Lipinski definition) is 5. The first-order valence-corrected chi connectivity index (χ1v) is 5.82. The zero-order valence-corrected chi connectivity index (χ0v) is 9.45. The zero-order chi connectivity index (χ0) is 11.7. The molecule has 1 aliphatic rings. The van der Waals surface area contributed by atoms with E-state index < -0.39 is 0 Å². The molecular formula is C12H14N4O. The van der Waals surface area contributed by atoms with Crippen molar-refractivity contribution < 1.29 is 5.11 Å². The van der Waals surface area contributed by atoms with E-state index in [1.54, 1.807) is 18.7 Å².